The Morgan fingerprint density at radius 3 is 2.89 bits per heavy atom. The molecule has 0 saturated carbocycles. The molecule has 0 bridgehead atoms. The van der Waals surface area contributed by atoms with Crippen LogP contribution in [0.1, 0.15) is 12.6 Å². The minimum absolute atomic E-state index is 0.0682. The molecule has 3 aromatic heterocycles. The van der Waals surface area contributed by atoms with Crippen molar-refractivity contribution >= 4 is 45.2 Å². The summed E-state index contributed by atoms with van der Waals surface area (Å²) in [7, 11) is 1.85. The van der Waals surface area contributed by atoms with Gasteiger partial charge in [0.05, 0.1) is 23.1 Å². The number of amides is 2. The summed E-state index contributed by atoms with van der Waals surface area (Å²) in [6.07, 6.45) is 1.66. The van der Waals surface area contributed by atoms with Gasteiger partial charge in [-0.3, -0.25) is 4.68 Å². The Balaban J connectivity index is 1.50. The van der Waals surface area contributed by atoms with Crippen LogP contribution in [0.2, 0.25) is 0 Å². The summed E-state index contributed by atoms with van der Waals surface area (Å²) >= 11 is 1.44. The fraction of sp³-hybridized carbons (Fsp3) is 0.438. The van der Waals surface area contributed by atoms with Gasteiger partial charge in [-0.2, -0.15) is 10.1 Å². The Morgan fingerprint density at radius 2 is 2.19 bits per heavy atom. The Morgan fingerprint density at radius 1 is 1.37 bits per heavy atom. The minimum Gasteiger partial charge on any atom is -0.368 e. The van der Waals surface area contributed by atoms with E-state index in [1.165, 1.54) is 11.3 Å². The monoisotopic (exact) mass is 387 g/mol. The van der Waals surface area contributed by atoms with Crippen LogP contribution < -0.4 is 16.0 Å². The summed E-state index contributed by atoms with van der Waals surface area (Å²) < 4.78 is 1.73. The van der Waals surface area contributed by atoms with Gasteiger partial charge in [0.1, 0.15) is 5.52 Å². The van der Waals surface area contributed by atoms with Gasteiger partial charge in [0, 0.05) is 32.7 Å². The number of hydrogen-bond acceptors (Lipinski definition) is 8. The first-order chi connectivity index (χ1) is 12.9. The Hall–Kier alpha value is -2.95. The number of aryl methyl sites for hydroxylation is 1. The molecule has 4 rings (SSSR count). The molecular weight excluding hydrogens is 366 g/mol. The molecule has 1 atom stereocenters. The summed E-state index contributed by atoms with van der Waals surface area (Å²) in [4.78, 5) is 30.4. The number of carbonyl (C=O) groups is 1. The average Bonchev–Trinajstić information content (AvgIpc) is 3.22. The van der Waals surface area contributed by atoms with Crippen LogP contribution in [0, 0.1) is 6.92 Å². The molecule has 0 aromatic carbocycles. The van der Waals surface area contributed by atoms with Crippen molar-refractivity contribution in [3.05, 3.63) is 17.4 Å². The van der Waals surface area contributed by atoms with Crippen molar-refractivity contribution in [2.24, 2.45) is 7.05 Å². The number of anilines is 3. The molecular formula is C16H21N9OS. The zero-order chi connectivity index (χ0) is 19.1. The van der Waals surface area contributed by atoms with E-state index in [1.807, 2.05) is 14.0 Å². The van der Waals surface area contributed by atoms with Crippen LogP contribution in [-0.4, -0.2) is 61.3 Å². The van der Waals surface area contributed by atoms with E-state index in [-0.39, 0.29) is 18.0 Å². The number of nitrogens with one attached hydrogen (secondary N) is 1. The smallest absolute Gasteiger partial charge is 0.322 e. The molecule has 3 aromatic rings. The normalized spacial score (nSPS) is 17.5. The molecule has 142 valence electrons. The highest BCUT2D eigenvalue weighted by Crippen LogP contribution is 2.28. The van der Waals surface area contributed by atoms with Crippen molar-refractivity contribution in [1.82, 2.24) is 29.6 Å². The lowest BCUT2D eigenvalue weighted by Gasteiger charge is -2.40. The Labute approximate surface area is 160 Å². The SMILES string of the molecule is Cc1c(NC(=O)N2CCN(c3nc(N)nc4scnc34)[C@@H](C)C2)cnn1C. The van der Waals surface area contributed by atoms with E-state index in [2.05, 4.69) is 37.2 Å². The van der Waals surface area contributed by atoms with Crippen LogP contribution in [0.5, 0.6) is 0 Å². The number of piperazine rings is 1. The predicted octanol–water partition coefficient (Wildman–Crippen LogP) is 1.45. The fourth-order valence-electron chi connectivity index (χ4n) is 3.24. The largest absolute Gasteiger partial charge is 0.368 e. The van der Waals surface area contributed by atoms with E-state index >= 15 is 0 Å². The molecule has 0 radical (unpaired) electrons. The van der Waals surface area contributed by atoms with E-state index in [0.29, 0.717) is 19.6 Å². The summed E-state index contributed by atoms with van der Waals surface area (Å²) in [5.41, 5.74) is 10.0. The molecule has 1 saturated heterocycles. The molecule has 11 heteroatoms. The Bertz CT molecular complexity index is 997. The molecule has 3 N–H and O–H groups in total. The molecule has 1 aliphatic heterocycles. The van der Waals surface area contributed by atoms with Crippen molar-refractivity contribution in [1.29, 1.82) is 0 Å². The highest BCUT2D eigenvalue weighted by atomic mass is 32.1. The number of nitrogen functional groups attached to an aromatic ring is 1. The van der Waals surface area contributed by atoms with Crippen LogP contribution >= 0.6 is 11.3 Å². The standard InChI is InChI=1S/C16H21N9OS/c1-9-7-24(16(26)20-11-6-19-23(3)10(11)2)4-5-25(9)13-12-14(27-8-18-12)22-15(17)21-13/h6,8-9H,4-5,7H2,1-3H3,(H,20,26)(H2,17,21,22)/t9-/m0/s1. The second-order valence-corrected chi connectivity index (χ2v) is 7.43. The van der Waals surface area contributed by atoms with E-state index in [4.69, 9.17) is 5.73 Å². The summed E-state index contributed by atoms with van der Waals surface area (Å²) in [6.45, 7) is 5.77. The average molecular weight is 387 g/mol. The third-order valence-corrected chi connectivity index (χ3v) is 5.58. The van der Waals surface area contributed by atoms with Crippen molar-refractivity contribution < 1.29 is 4.79 Å². The van der Waals surface area contributed by atoms with Crippen LogP contribution in [0.25, 0.3) is 10.3 Å². The highest BCUT2D eigenvalue weighted by Gasteiger charge is 2.30. The number of thiazole rings is 1. The topological polar surface area (TPSA) is 118 Å². The summed E-state index contributed by atoms with van der Waals surface area (Å²) in [5, 5.41) is 7.10. The first-order valence-electron chi connectivity index (χ1n) is 8.62. The van der Waals surface area contributed by atoms with Gasteiger partial charge in [-0.05, 0) is 13.8 Å². The molecule has 0 aliphatic carbocycles. The molecule has 4 heterocycles. The lowest BCUT2D eigenvalue weighted by atomic mass is 10.2. The number of nitrogens with zero attached hydrogens (tertiary/aromatic N) is 7. The highest BCUT2D eigenvalue weighted by molar-refractivity contribution is 7.16. The second kappa shape index (κ2) is 6.65. The molecule has 0 spiro atoms. The maximum Gasteiger partial charge on any atom is 0.322 e. The summed E-state index contributed by atoms with van der Waals surface area (Å²) in [5.74, 6) is 0.968. The summed E-state index contributed by atoms with van der Waals surface area (Å²) in [6, 6.07) is -0.0581. The predicted molar refractivity (Wildman–Crippen MR) is 105 cm³/mol. The molecule has 2 amide bonds. The first kappa shape index (κ1) is 17.5. The van der Waals surface area contributed by atoms with E-state index in [9.17, 15) is 4.79 Å². The van der Waals surface area contributed by atoms with Crippen molar-refractivity contribution in [2.45, 2.75) is 19.9 Å². The van der Waals surface area contributed by atoms with E-state index in [1.54, 1.807) is 21.3 Å². The van der Waals surface area contributed by atoms with Crippen LogP contribution in [0.15, 0.2) is 11.7 Å². The van der Waals surface area contributed by atoms with Gasteiger partial charge in [-0.1, -0.05) is 0 Å². The number of hydrogen-bond donors (Lipinski definition) is 2. The first-order valence-corrected chi connectivity index (χ1v) is 9.50. The zero-order valence-corrected chi connectivity index (χ0v) is 16.2. The van der Waals surface area contributed by atoms with Crippen molar-refractivity contribution in [3.63, 3.8) is 0 Å². The lowest BCUT2D eigenvalue weighted by Crippen LogP contribution is -2.55. The number of nitrogens with two attached hydrogens (primary N) is 1. The number of urea groups is 1. The van der Waals surface area contributed by atoms with Crippen LogP contribution in [0.3, 0.4) is 0 Å². The molecule has 1 aliphatic rings. The van der Waals surface area contributed by atoms with Gasteiger partial charge in [-0.15, -0.1) is 11.3 Å². The lowest BCUT2D eigenvalue weighted by molar-refractivity contribution is 0.200. The van der Waals surface area contributed by atoms with E-state index < -0.39 is 0 Å². The Kier molecular flexibility index (Phi) is 4.30. The van der Waals surface area contributed by atoms with Gasteiger partial charge in [0.25, 0.3) is 0 Å². The number of aromatic nitrogens is 5. The van der Waals surface area contributed by atoms with Gasteiger partial charge in [-0.25, -0.2) is 14.8 Å². The van der Waals surface area contributed by atoms with Crippen LogP contribution in [-0.2, 0) is 7.05 Å². The van der Waals surface area contributed by atoms with E-state index in [0.717, 1.165) is 27.5 Å². The molecule has 0 unspecified atom stereocenters. The molecule has 1 fully saturated rings. The third kappa shape index (κ3) is 3.14. The maximum absolute atomic E-state index is 12.6. The van der Waals surface area contributed by atoms with Gasteiger partial charge >= 0.3 is 6.03 Å². The maximum atomic E-state index is 12.6. The molecule has 27 heavy (non-hydrogen) atoms. The van der Waals surface area contributed by atoms with Gasteiger partial charge in [0.15, 0.2) is 10.6 Å². The van der Waals surface area contributed by atoms with Crippen molar-refractivity contribution in [2.75, 3.05) is 35.6 Å². The molecule has 10 nitrogen and oxygen atoms in total. The fourth-order valence-corrected chi connectivity index (χ4v) is 3.90. The van der Waals surface area contributed by atoms with Crippen molar-refractivity contribution in [3.8, 4) is 0 Å². The minimum atomic E-state index is -0.126. The number of fused-ring (bicyclic) bond motifs is 1. The second-order valence-electron chi connectivity index (χ2n) is 6.60. The van der Waals surface area contributed by atoms with Crippen LogP contribution in [0.4, 0.5) is 22.2 Å². The number of carbonyl (C=O) groups excluding carboxylic acids is 1. The zero-order valence-electron chi connectivity index (χ0n) is 15.4. The van der Waals surface area contributed by atoms with Gasteiger partial charge in [0.2, 0.25) is 5.95 Å². The third-order valence-electron chi connectivity index (χ3n) is 4.86. The van der Waals surface area contributed by atoms with Gasteiger partial charge < -0.3 is 20.9 Å². The number of rotatable bonds is 2. The quantitative estimate of drug-likeness (QED) is 0.683.